The van der Waals surface area contributed by atoms with Crippen molar-refractivity contribution in [3.63, 3.8) is 0 Å². The number of rotatable bonds is 5. The Balaban J connectivity index is 2.28. The summed E-state index contributed by atoms with van der Waals surface area (Å²) >= 11 is 4.63. The number of amides is 1. The number of methoxy groups -OCH3 is 1. The maximum atomic E-state index is 12.1. The maximum Gasteiger partial charge on any atom is 0.257 e. The topological polar surface area (TPSA) is 73.3 Å². The number of carbonyl (C=O) groups is 1. The molecule has 0 unspecified atom stereocenters. The number of anilines is 1. The average Bonchev–Trinajstić information content (AvgIpc) is 2.93. The number of hydrogen-bond acceptors (Lipinski definition) is 6. The molecule has 0 saturated heterocycles. The molecule has 6 nitrogen and oxygen atoms in total. The zero-order chi connectivity index (χ0) is 14.5. The number of ether oxygens (including phenoxy) is 2. The van der Waals surface area contributed by atoms with Gasteiger partial charge in [-0.25, -0.2) is 0 Å². The number of nitrogens with zero attached hydrogens (tertiary/aromatic N) is 2. The molecule has 0 atom stereocenters. The molecular formula is C12H12BrN3O3S. The predicted octanol–water partition coefficient (Wildman–Crippen LogP) is 2.96. The van der Waals surface area contributed by atoms with Gasteiger partial charge in [-0.3, -0.25) is 10.1 Å². The molecule has 1 aromatic carbocycles. The highest BCUT2D eigenvalue weighted by Gasteiger charge is 2.16. The fourth-order valence-corrected chi connectivity index (χ4v) is 2.53. The van der Waals surface area contributed by atoms with Crippen molar-refractivity contribution < 1.29 is 14.3 Å². The van der Waals surface area contributed by atoms with E-state index in [4.69, 9.17) is 9.47 Å². The van der Waals surface area contributed by atoms with Crippen LogP contribution in [0.1, 0.15) is 17.3 Å². The highest BCUT2D eigenvalue weighted by atomic mass is 79.9. The van der Waals surface area contributed by atoms with E-state index < -0.39 is 0 Å². The van der Waals surface area contributed by atoms with Crippen LogP contribution in [-0.4, -0.2) is 29.8 Å². The summed E-state index contributed by atoms with van der Waals surface area (Å²) in [4.78, 5) is 12.1. The van der Waals surface area contributed by atoms with E-state index >= 15 is 0 Å². The lowest BCUT2D eigenvalue weighted by Gasteiger charge is -2.12. The molecule has 0 aliphatic rings. The van der Waals surface area contributed by atoms with Crippen molar-refractivity contribution in [2.45, 2.75) is 6.92 Å². The van der Waals surface area contributed by atoms with Crippen LogP contribution in [-0.2, 0) is 0 Å². The Morgan fingerprint density at radius 1 is 1.50 bits per heavy atom. The van der Waals surface area contributed by atoms with E-state index in [-0.39, 0.29) is 5.91 Å². The number of carbonyl (C=O) groups excluding carboxylic acids is 1. The first kappa shape index (κ1) is 14.7. The van der Waals surface area contributed by atoms with E-state index in [1.54, 1.807) is 17.6 Å². The SMILES string of the molecule is CCOc1c(Br)cc(C(=O)Nc2nncs2)cc1OC. The third kappa shape index (κ3) is 3.26. The van der Waals surface area contributed by atoms with Crippen molar-refractivity contribution in [1.82, 2.24) is 10.2 Å². The van der Waals surface area contributed by atoms with Crippen molar-refractivity contribution >= 4 is 38.3 Å². The first-order chi connectivity index (χ1) is 9.65. The Bertz CT molecular complexity index is 604. The summed E-state index contributed by atoms with van der Waals surface area (Å²) in [6.45, 7) is 2.38. The number of benzene rings is 1. The van der Waals surface area contributed by atoms with Crippen LogP contribution in [0.4, 0.5) is 5.13 Å². The largest absolute Gasteiger partial charge is 0.493 e. The van der Waals surface area contributed by atoms with Crippen LogP contribution in [0.25, 0.3) is 0 Å². The predicted molar refractivity (Wildman–Crippen MR) is 79.7 cm³/mol. The monoisotopic (exact) mass is 357 g/mol. The Morgan fingerprint density at radius 3 is 2.90 bits per heavy atom. The third-order valence-electron chi connectivity index (χ3n) is 2.36. The second kappa shape index (κ2) is 6.67. The van der Waals surface area contributed by atoms with Gasteiger partial charge in [0, 0.05) is 5.56 Å². The molecule has 0 bridgehead atoms. The van der Waals surface area contributed by atoms with Crippen molar-refractivity contribution in [2.75, 3.05) is 19.0 Å². The molecule has 2 aromatic rings. The third-order valence-corrected chi connectivity index (χ3v) is 3.56. The van der Waals surface area contributed by atoms with Crippen LogP contribution in [0.3, 0.4) is 0 Å². The van der Waals surface area contributed by atoms with Gasteiger partial charge in [0.15, 0.2) is 11.5 Å². The summed E-state index contributed by atoms with van der Waals surface area (Å²) in [7, 11) is 1.52. The fourth-order valence-electron chi connectivity index (χ4n) is 1.53. The van der Waals surface area contributed by atoms with Gasteiger partial charge in [-0.15, -0.1) is 10.2 Å². The molecule has 1 amide bonds. The Kier molecular flexibility index (Phi) is 4.91. The summed E-state index contributed by atoms with van der Waals surface area (Å²) < 4.78 is 11.4. The van der Waals surface area contributed by atoms with Crippen molar-refractivity contribution in [1.29, 1.82) is 0 Å². The van der Waals surface area contributed by atoms with Crippen LogP contribution < -0.4 is 14.8 Å². The normalized spacial score (nSPS) is 10.2. The van der Waals surface area contributed by atoms with Gasteiger partial charge >= 0.3 is 0 Å². The molecule has 20 heavy (non-hydrogen) atoms. The molecule has 0 fully saturated rings. The average molecular weight is 358 g/mol. The fraction of sp³-hybridized carbons (Fsp3) is 0.250. The van der Waals surface area contributed by atoms with Crippen LogP contribution in [0.5, 0.6) is 11.5 Å². The summed E-state index contributed by atoms with van der Waals surface area (Å²) in [5.74, 6) is 0.773. The maximum absolute atomic E-state index is 12.1. The van der Waals surface area contributed by atoms with Gasteiger partial charge in [-0.2, -0.15) is 0 Å². The molecule has 8 heteroatoms. The molecule has 106 valence electrons. The lowest BCUT2D eigenvalue weighted by molar-refractivity contribution is 0.102. The number of nitrogens with one attached hydrogen (secondary N) is 1. The second-order valence-electron chi connectivity index (χ2n) is 3.62. The van der Waals surface area contributed by atoms with Crippen molar-refractivity contribution in [3.05, 3.63) is 27.7 Å². The van der Waals surface area contributed by atoms with E-state index in [2.05, 4.69) is 31.4 Å². The minimum atomic E-state index is -0.288. The smallest absolute Gasteiger partial charge is 0.257 e. The van der Waals surface area contributed by atoms with E-state index in [9.17, 15) is 4.79 Å². The van der Waals surface area contributed by atoms with Crippen LogP contribution in [0.2, 0.25) is 0 Å². The van der Waals surface area contributed by atoms with Crippen molar-refractivity contribution in [3.8, 4) is 11.5 Å². The Morgan fingerprint density at radius 2 is 2.30 bits per heavy atom. The van der Waals surface area contributed by atoms with Crippen LogP contribution >= 0.6 is 27.3 Å². The van der Waals surface area contributed by atoms with Gasteiger partial charge in [-0.05, 0) is 35.0 Å². The summed E-state index contributed by atoms with van der Waals surface area (Å²) in [6, 6.07) is 3.29. The molecular weight excluding hydrogens is 346 g/mol. The van der Waals surface area contributed by atoms with Crippen LogP contribution in [0.15, 0.2) is 22.1 Å². The highest BCUT2D eigenvalue weighted by Crippen LogP contribution is 2.36. The Hall–Kier alpha value is -1.67. The number of hydrogen-bond donors (Lipinski definition) is 1. The van der Waals surface area contributed by atoms with Gasteiger partial charge in [0.1, 0.15) is 5.51 Å². The minimum absolute atomic E-state index is 0.288. The summed E-state index contributed by atoms with van der Waals surface area (Å²) in [5.41, 5.74) is 1.98. The van der Waals surface area contributed by atoms with E-state index in [0.717, 1.165) is 0 Å². The standard InChI is InChI=1S/C12H12BrN3O3S/c1-3-19-10-8(13)4-7(5-9(10)18-2)11(17)15-12-16-14-6-20-12/h4-6H,3H2,1-2H3,(H,15,16,17). The second-order valence-corrected chi connectivity index (χ2v) is 5.31. The quantitative estimate of drug-likeness (QED) is 0.890. The number of aromatic nitrogens is 2. The first-order valence-electron chi connectivity index (χ1n) is 5.73. The van der Waals surface area contributed by atoms with Crippen LogP contribution in [0, 0.1) is 0 Å². The van der Waals surface area contributed by atoms with Gasteiger partial charge in [0.2, 0.25) is 5.13 Å². The first-order valence-corrected chi connectivity index (χ1v) is 7.40. The molecule has 1 heterocycles. The molecule has 0 radical (unpaired) electrons. The summed E-state index contributed by atoms with van der Waals surface area (Å²) in [6.07, 6.45) is 0. The van der Waals surface area contributed by atoms with Gasteiger partial charge in [-0.1, -0.05) is 11.3 Å². The Labute approximate surface area is 128 Å². The van der Waals surface area contributed by atoms with Gasteiger partial charge in [0.25, 0.3) is 5.91 Å². The minimum Gasteiger partial charge on any atom is -0.493 e. The van der Waals surface area contributed by atoms with E-state index in [1.165, 1.54) is 18.4 Å². The van der Waals surface area contributed by atoms with Gasteiger partial charge in [0.05, 0.1) is 18.2 Å². The molecule has 0 aliphatic carbocycles. The molecule has 0 saturated carbocycles. The molecule has 0 spiro atoms. The molecule has 1 aromatic heterocycles. The van der Waals surface area contributed by atoms with E-state index in [1.807, 2.05) is 6.92 Å². The van der Waals surface area contributed by atoms with E-state index in [0.29, 0.717) is 33.3 Å². The zero-order valence-electron chi connectivity index (χ0n) is 10.8. The highest BCUT2D eigenvalue weighted by molar-refractivity contribution is 9.10. The molecule has 2 rings (SSSR count). The summed E-state index contributed by atoms with van der Waals surface area (Å²) in [5, 5.41) is 10.5. The lowest BCUT2D eigenvalue weighted by Crippen LogP contribution is -2.12. The molecule has 1 N–H and O–H groups in total. The van der Waals surface area contributed by atoms with Gasteiger partial charge < -0.3 is 9.47 Å². The number of halogens is 1. The molecule has 0 aliphatic heterocycles. The lowest BCUT2D eigenvalue weighted by atomic mass is 10.2. The zero-order valence-corrected chi connectivity index (χ0v) is 13.2. The van der Waals surface area contributed by atoms with Crippen molar-refractivity contribution in [2.24, 2.45) is 0 Å².